The van der Waals surface area contributed by atoms with Crippen LogP contribution in [0.3, 0.4) is 0 Å². The van der Waals surface area contributed by atoms with E-state index in [-0.39, 0.29) is 23.6 Å². The fourth-order valence-electron chi connectivity index (χ4n) is 2.35. The van der Waals surface area contributed by atoms with Crippen LogP contribution in [0.1, 0.15) is 52.9 Å². The number of amides is 1. The fourth-order valence-corrected chi connectivity index (χ4v) is 2.35. The van der Waals surface area contributed by atoms with Gasteiger partial charge in [0.2, 0.25) is 5.91 Å². The van der Waals surface area contributed by atoms with Gasteiger partial charge in [-0.05, 0) is 18.8 Å². The zero-order valence-electron chi connectivity index (χ0n) is 11.6. The molecule has 1 amide bonds. The van der Waals surface area contributed by atoms with Crippen molar-refractivity contribution in [2.24, 2.45) is 22.7 Å². The largest absolute Gasteiger partial charge is 0.409 e. The summed E-state index contributed by atoms with van der Waals surface area (Å²) in [5.74, 6) is 0.318. The van der Waals surface area contributed by atoms with Gasteiger partial charge in [0, 0.05) is 5.92 Å². The average Bonchev–Trinajstić information content (AvgIpc) is 2.37. The molecule has 1 saturated carbocycles. The molecule has 0 aliphatic heterocycles. The second kappa shape index (κ2) is 6.07. The van der Waals surface area contributed by atoms with Crippen LogP contribution >= 0.6 is 0 Å². The minimum absolute atomic E-state index is 0.0153. The third-order valence-corrected chi connectivity index (χ3v) is 4.08. The Labute approximate surface area is 109 Å². The van der Waals surface area contributed by atoms with E-state index in [4.69, 9.17) is 10.9 Å². The molecule has 0 aromatic heterocycles. The molecule has 0 radical (unpaired) electrons. The van der Waals surface area contributed by atoms with Crippen molar-refractivity contribution in [1.29, 1.82) is 0 Å². The van der Waals surface area contributed by atoms with Crippen LogP contribution in [0.2, 0.25) is 0 Å². The van der Waals surface area contributed by atoms with Gasteiger partial charge >= 0.3 is 0 Å². The van der Waals surface area contributed by atoms with Crippen LogP contribution in [-0.2, 0) is 4.79 Å². The smallest absolute Gasteiger partial charge is 0.223 e. The van der Waals surface area contributed by atoms with Gasteiger partial charge in [-0.2, -0.15) is 0 Å². The number of oxime groups is 1. The predicted molar refractivity (Wildman–Crippen MR) is 71.4 cm³/mol. The lowest BCUT2D eigenvalue weighted by Gasteiger charge is -2.37. The zero-order chi connectivity index (χ0) is 13.8. The topological polar surface area (TPSA) is 87.7 Å². The summed E-state index contributed by atoms with van der Waals surface area (Å²) in [5.41, 5.74) is 5.15. The van der Waals surface area contributed by atoms with Crippen LogP contribution in [-0.4, -0.2) is 22.5 Å². The molecular formula is C13H25N3O2. The highest BCUT2D eigenvalue weighted by Gasteiger charge is 2.39. The Kier molecular flexibility index (Phi) is 4.99. The van der Waals surface area contributed by atoms with Crippen molar-refractivity contribution in [3.05, 3.63) is 0 Å². The van der Waals surface area contributed by atoms with Crippen molar-refractivity contribution in [3.8, 4) is 0 Å². The van der Waals surface area contributed by atoms with E-state index < -0.39 is 5.54 Å². The molecule has 1 aliphatic carbocycles. The summed E-state index contributed by atoms with van der Waals surface area (Å²) < 4.78 is 0. The molecule has 5 nitrogen and oxygen atoms in total. The molecule has 0 heterocycles. The minimum atomic E-state index is -0.646. The van der Waals surface area contributed by atoms with E-state index in [9.17, 15) is 4.79 Å². The van der Waals surface area contributed by atoms with Gasteiger partial charge < -0.3 is 16.3 Å². The van der Waals surface area contributed by atoms with Crippen molar-refractivity contribution < 1.29 is 10.0 Å². The van der Waals surface area contributed by atoms with Crippen LogP contribution in [0.15, 0.2) is 5.16 Å². The normalized spacial score (nSPS) is 21.7. The van der Waals surface area contributed by atoms with E-state index in [1.54, 1.807) is 0 Å². The number of nitrogens with one attached hydrogen (secondary N) is 1. The summed E-state index contributed by atoms with van der Waals surface area (Å²) in [6.07, 6.45) is 4.62. The highest BCUT2D eigenvalue weighted by atomic mass is 16.4. The third-order valence-electron chi connectivity index (χ3n) is 4.08. The zero-order valence-corrected chi connectivity index (χ0v) is 11.6. The lowest BCUT2D eigenvalue weighted by atomic mass is 9.80. The Bertz CT molecular complexity index is 320. The van der Waals surface area contributed by atoms with Crippen LogP contribution in [0, 0.1) is 11.8 Å². The minimum Gasteiger partial charge on any atom is -0.409 e. The number of hydrogen-bond donors (Lipinski definition) is 3. The molecule has 0 aromatic carbocycles. The first-order chi connectivity index (χ1) is 8.43. The summed E-state index contributed by atoms with van der Waals surface area (Å²) in [6.45, 7) is 5.94. The molecule has 1 fully saturated rings. The van der Waals surface area contributed by atoms with Gasteiger partial charge in [-0.3, -0.25) is 4.79 Å². The molecule has 1 atom stereocenters. The molecule has 0 bridgehead atoms. The van der Waals surface area contributed by atoms with E-state index in [2.05, 4.69) is 10.5 Å². The van der Waals surface area contributed by atoms with Gasteiger partial charge in [0.25, 0.3) is 0 Å². The Morgan fingerprint density at radius 2 is 1.83 bits per heavy atom. The SMILES string of the molecule is CC(C)C(C)C(=O)NC1(C(N)=NO)CCCCC1. The molecule has 4 N–H and O–H groups in total. The first kappa shape index (κ1) is 14.8. The highest BCUT2D eigenvalue weighted by Crippen LogP contribution is 2.29. The van der Waals surface area contributed by atoms with Crippen molar-refractivity contribution in [1.82, 2.24) is 5.32 Å². The Balaban J connectivity index is 2.82. The highest BCUT2D eigenvalue weighted by molar-refractivity contribution is 5.94. The second-order valence-corrected chi connectivity index (χ2v) is 5.65. The molecular weight excluding hydrogens is 230 g/mol. The molecule has 1 rings (SSSR count). The summed E-state index contributed by atoms with van der Waals surface area (Å²) in [4.78, 5) is 12.2. The van der Waals surface area contributed by atoms with Gasteiger partial charge in [0.1, 0.15) is 5.54 Å². The maximum Gasteiger partial charge on any atom is 0.223 e. The summed E-state index contributed by atoms with van der Waals surface area (Å²) in [7, 11) is 0. The lowest BCUT2D eigenvalue weighted by Crippen LogP contribution is -2.59. The molecule has 5 heteroatoms. The molecule has 0 spiro atoms. The number of nitrogens with zero attached hydrogens (tertiary/aromatic N) is 1. The molecule has 0 aromatic rings. The predicted octanol–water partition coefficient (Wildman–Crippen LogP) is 1.84. The quantitative estimate of drug-likeness (QED) is 0.310. The first-order valence-corrected chi connectivity index (χ1v) is 6.73. The Morgan fingerprint density at radius 3 is 2.28 bits per heavy atom. The lowest BCUT2D eigenvalue weighted by molar-refractivity contribution is -0.127. The number of nitrogens with two attached hydrogens (primary N) is 1. The molecule has 0 saturated heterocycles. The number of hydrogen-bond acceptors (Lipinski definition) is 3. The number of rotatable bonds is 4. The van der Waals surface area contributed by atoms with Gasteiger partial charge in [0.05, 0.1) is 0 Å². The van der Waals surface area contributed by atoms with Crippen molar-refractivity contribution in [3.63, 3.8) is 0 Å². The summed E-state index contributed by atoms with van der Waals surface area (Å²) in [5, 5.41) is 15.1. The molecule has 1 aliphatic rings. The maximum absolute atomic E-state index is 12.2. The van der Waals surface area contributed by atoms with Gasteiger partial charge in [-0.25, -0.2) is 0 Å². The number of carbonyl (C=O) groups excluding carboxylic acids is 1. The van der Waals surface area contributed by atoms with Gasteiger partial charge in [0.15, 0.2) is 5.84 Å². The van der Waals surface area contributed by atoms with Crippen molar-refractivity contribution in [2.45, 2.75) is 58.4 Å². The molecule has 1 unspecified atom stereocenters. The standard InChI is InChI=1S/C13H25N3O2/c1-9(2)10(3)11(17)15-13(12(14)16-18)7-5-4-6-8-13/h9-10,18H,4-8H2,1-3H3,(H2,14,16)(H,15,17). The monoisotopic (exact) mass is 255 g/mol. The Morgan fingerprint density at radius 1 is 1.28 bits per heavy atom. The van der Waals surface area contributed by atoms with E-state index in [0.29, 0.717) is 0 Å². The van der Waals surface area contributed by atoms with E-state index in [1.807, 2.05) is 20.8 Å². The van der Waals surface area contributed by atoms with Crippen molar-refractivity contribution in [2.75, 3.05) is 0 Å². The third kappa shape index (κ3) is 3.15. The van der Waals surface area contributed by atoms with Crippen LogP contribution in [0.4, 0.5) is 0 Å². The van der Waals surface area contributed by atoms with Gasteiger partial charge in [-0.1, -0.05) is 45.2 Å². The van der Waals surface area contributed by atoms with Gasteiger partial charge in [-0.15, -0.1) is 0 Å². The first-order valence-electron chi connectivity index (χ1n) is 6.73. The van der Waals surface area contributed by atoms with Crippen LogP contribution in [0.25, 0.3) is 0 Å². The Hall–Kier alpha value is -1.26. The number of carbonyl (C=O) groups is 1. The van der Waals surface area contributed by atoms with Crippen LogP contribution in [0.5, 0.6) is 0 Å². The number of amidine groups is 1. The van der Waals surface area contributed by atoms with E-state index >= 15 is 0 Å². The molecule has 18 heavy (non-hydrogen) atoms. The maximum atomic E-state index is 12.2. The van der Waals surface area contributed by atoms with E-state index in [0.717, 1.165) is 32.1 Å². The fraction of sp³-hybridized carbons (Fsp3) is 0.846. The summed E-state index contributed by atoms with van der Waals surface area (Å²) >= 11 is 0. The molecule has 104 valence electrons. The average molecular weight is 255 g/mol. The van der Waals surface area contributed by atoms with Crippen molar-refractivity contribution >= 4 is 11.7 Å². The summed E-state index contributed by atoms with van der Waals surface area (Å²) in [6, 6.07) is 0. The van der Waals surface area contributed by atoms with Crippen LogP contribution < -0.4 is 11.1 Å². The van der Waals surface area contributed by atoms with E-state index in [1.165, 1.54) is 0 Å². The second-order valence-electron chi connectivity index (χ2n) is 5.65.